The van der Waals surface area contributed by atoms with Crippen molar-refractivity contribution < 1.29 is 10.2 Å². The van der Waals surface area contributed by atoms with Crippen molar-refractivity contribution in [2.45, 2.75) is 50.2 Å². The summed E-state index contributed by atoms with van der Waals surface area (Å²) in [7, 11) is 0. The smallest absolute Gasteiger partial charge is 0.129 e. The fourth-order valence-corrected chi connectivity index (χ4v) is 2.56. The normalized spacial score (nSPS) is 21.8. The fourth-order valence-electron chi connectivity index (χ4n) is 2.56. The van der Waals surface area contributed by atoms with E-state index in [-0.39, 0.29) is 0 Å². The van der Waals surface area contributed by atoms with Crippen LogP contribution < -0.4 is 5.73 Å². The van der Waals surface area contributed by atoms with E-state index < -0.39 is 11.7 Å². The first-order valence-electron chi connectivity index (χ1n) is 6.24. The highest BCUT2D eigenvalue weighted by Gasteiger charge is 2.37. The molecule has 1 aliphatic carbocycles. The van der Waals surface area contributed by atoms with Gasteiger partial charge >= 0.3 is 0 Å². The number of pyridine rings is 1. The van der Waals surface area contributed by atoms with Gasteiger partial charge in [-0.15, -0.1) is 0 Å². The van der Waals surface area contributed by atoms with Crippen molar-refractivity contribution in [1.29, 1.82) is 0 Å². The van der Waals surface area contributed by atoms with E-state index in [1.807, 2.05) is 0 Å². The maximum atomic E-state index is 10.6. The summed E-state index contributed by atoms with van der Waals surface area (Å²) in [6.45, 7) is 0. The minimum Gasteiger partial charge on any atom is -0.387 e. The van der Waals surface area contributed by atoms with Gasteiger partial charge in [-0.2, -0.15) is 0 Å². The molecule has 0 amide bonds. The summed E-state index contributed by atoms with van der Waals surface area (Å²) in [6, 6.07) is 3.46. The molecule has 1 fully saturated rings. The van der Waals surface area contributed by atoms with Gasteiger partial charge in [-0.25, -0.2) is 4.98 Å². The molecule has 0 radical (unpaired) electrons. The molecular weight excluding hydrogens is 216 g/mol. The summed E-state index contributed by atoms with van der Waals surface area (Å²) in [5.74, 6) is 0.303. The van der Waals surface area contributed by atoms with Crippen LogP contribution in [0.5, 0.6) is 0 Å². The molecule has 1 aromatic heterocycles. The number of aliphatic hydroxyl groups is 2. The summed E-state index contributed by atoms with van der Waals surface area (Å²) in [5, 5.41) is 20.9. The number of rotatable bonds is 2. The highest BCUT2D eigenvalue weighted by Crippen LogP contribution is 2.38. The highest BCUT2D eigenvalue weighted by molar-refractivity contribution is 5.41. The second-order valence-electron chi connectivity index (χ2n) is 4.90. The molecule has 0 bridgehead atoms. The number of nitrogens with two attached hydrogens (primary N) is 1. The Morgan fingerprint density at radius 1 is 1.24 bits per heavy atom. The average Bonchev–Trinajstić information content (AvgIpc) is 2.55. The van der Waals surface area contributed by atoms with E-state index in [1.54, 1.807) is 18.3 Å². The summed E-state index contributed by atoms with van der Waals surface area (Å²) in [4.78, 5) is 3.96. The lowest BCUT2D eigenvalue weighted by Crippen LogP contribution is -2.36. The van der Waals surface area contributed by atoms with Crippen LogP contribution in [0.1, 0.15) is 50.2 Å². The van der Waals surface area contributed by atoms with E-state index >= 15 is 0 Å². The molecule has 1 atom stereocenters. The molecule has 1 heterocycles. The predicted molar refractivity (Wildman–Crippen MR) is 66.3 cm³/mol. The molecule has 0 spiro atoms. The van der Waals surface area contributed by atoms with Crippen molar-refractivity contribution in [3.8, 4) is 0 Å². The third-order valence-electron chi connectivity index (χ3n) is 3.64. The molecule has 4 nitrogen and oxygen atoms in total. The monoisotopic (exact) mass is 236 g/mol. The Hall–Kier alpha value is -1.13. The van der Waals surface area contributed by atoms with Gasteiger partial charge in [-0.05, 0) is 18.9 Å². The van der Waals surface area contributed by atoms with Gasteiger partial charge in [0.1, 0.15) is 11.9 Å². The fraction of sp³-hybridized carbons (Fsp3) is 0.615. The van der Waals surface area contributed by atoms with Crippen molar-refractivity contribution in [2.75, 3.05) is 5.73 Å². The third-order valence-corrected chi connectivity index (χ3v) is 3.64. The first kappa shape index (κ1) is 12.3. The summed E-state index contributed by atoms with van der Waals surface area (Å²) in [5.41, 5.74) is 5.23. The quantitative estimate of drug-likeness (QED) is 0.684. The molecule has 17 heavy (non-hydrogen) atoms. The van der Waals surface area contributed by atoms with Crippen LogP contribution in [-0.4, -0.2) is 20.8 Å². The van der Waals surface area contributed by atoms with Crippen molar-refractivity contribution in [3.05, 3.63) is 23.9 Å². The molecule has 0 saturated heterocycles. The van der Waals surface area contributed by atoms with Crippen LogP contribution >= 0.6 is 0 Å². The lowest BCUT2D eigenvalue weighted by molar-refractivity contribution is -0.0865. The first-order chi connectivity index (χ1) is 8.13. The number of hydrogen-bond donors (Lipinski definition) is 3. The van der Waals surface area contributed by atoms with Crippen LogP contribution in [0.15, 0.2) is 18.3 Å². The lowest BCUT2D eigenvalue weighted by Gasteiger charge is -2.32. The summed E-state index contributed by atoms with van der Waals surface area (Å²) >= 11 is 0. The Labute approximate surface area is 101 Å². The maximum absolute atomic E-state index is 10.6. The molecule has 1 unspecified atom stereocenters. The van der Waals surface area contributed by atoms with E-state index in [0.29, 0.717) is 24.2 Å². The largest absolute Gasteiger partial charge is 0.387 e. The molecule has 1 aromatic rings. The van der Waals surface area contributed by atoms with Crippen molar-refractivity contribution in [1.82, 2.24) is 4.98 Å². The minimum absolute atomic E-state index is 0.303. The molecule has 0 aliphatic heterocycles. The van der Waals surface area contributed by atoms with Crippen LogP contribution in [0.2, 0.25) is 0 Å². The average molecular weight is 236 g/mol. The first-order valence-corrected chi connectivity index (χ1v) is 6.24. The molecule has 4 N–H and O–H groups in total. The minimum atomic E-state index is -1.05. The topological polar surface area (TPSA) is 79.4 Å². The van der Waals surface area contributed by atoms with Crippen LogP contribution in [0.3, 0.4) is 0 Å². The second-order valence-corrected chi connectivity index (χ2v) is 4.90. The van der Waals surface area contributed by atoms with Gasteiger partial charge in [-0.1, -0.05) is 31.7 Å². The summed E-state index contributed by atoms with van der Waals surface area (Å²) < 4.78 is 0. The summed E-state index contributed by atoms with van der Waals surface area (Å²) in [6.07, 6.45) is 6.05. The van der Waals surface area contributed by atoms with Crippen molar-refractivity contribution in [3.63, 3.8) is 0 Å². The lowest BCUT2D eigenvalue weighted by atomic mass is 9.85. The van der Waals surface area contributed by atoms with Gasteiger partial charge in [0.05, 0.1) is 5.60 Å². The predicted octanol–water partition coefficient (Wildman–Crippen LogP) is 1.78. The van der Waals surface area contributed by atoms with Crippen molar-refractivity contribution in [2.24, 2.45) is 0 Å². The van der Waals surface area contributed by atoms with E-state index in [2.05, 4.69) is 4.98 Å². The zero-order valence-corrected chi connectivity index (χ0v) is 9.97. The van der Waals surface area contributed by atoms with Crippen LogP contribution in [0.4, 0.5) is 5.82 Å². The molecule has 94 valence electrons. The standard InChI is InChI=1S/C13H20N2O2/c14-12-10(6-5-9-15-12)11(16)13(17)7-3-1-2-4-8-13/h5-6,9,11,16-17H,1-4,7-8H2,(H2,14,15). The van der Waals surface area contributed by atoms with E-state index in [0.717, 1.165) is 25.7 Å². The van der Waals surface area contributed by atoms with E-state index in [4.69, 9.17) is 5.73 Å². The number of aromatic nitrogens is 1. The molecule has 4 heteroatoms. The van der Waals surface area contributed by atoms with Gasteiger partial charge in [-0.3, -0.25) is 0 Å². The van der Waals surface area contributed by atoms with Crippen molar-refractivity contribution >= 4 is 5.82 Å². The van der Waals surface area contributed by atoms with Crippen LogP contribution in [0.25, 0.3) is 0 Å². The highest BCUT2D eigenvalue weighted by atomic mass is 16.3. The molecule has 0 aromatic carbocycles. The van der Waals surface area contributed by atoms with Crippen LogP contribution in [-0.2, 0) is 0 Å². The molecule has 1 saturated carbocycles. The number of aliphatic hydroxyl groups excluding tert-OH is 1. The number of nitrogen functional groups attached to an aromatic ring is 1. The van der Waals surface area contributed by atoms with Gasteiger partial charge in [0, 0.05) is 11.8 Å². The Bertz CT molecular complexity index is 373. The zero-order chi connectivity index (χ0) is 12.3. The van der Waals surface area contributed by atoms with E-state index in [1.165, 1.54) is 0 Å². The van der Waals surface area contributed by atoms with Gasteiger partial charge in [0.2, 0.25) is 0 Å². The third kappa shape index (κ3) is 2.58. The Kier molecular flexibility index (Phi) is 3.64. The maximum Gasteiger partial charge on any atom is 0.129 e. The molecule has 2 rings (SSSR count). The SMILES string of the molecule is Nc1ncccc1C(O)C1(O)CCCCCC1. The Morgan fingerprint density at radius 3 is 2.47 bits per heavy atom. The Morgan fingerprint density at radius 2 is 1.88 bits per heavy atom. The molecule has 1 aliphatic rings. The van der Waals surface area contributed by atoms with Gasteiger partial charge in [0.15, 0.2) is 0 Å². The zero-order valence-electron chi connectivity index (χ0n) is 9.97. The second kappa shape index (κ2) is 5.02. The number of nitrogens with zero attached hydrogens (tertiary/aromatic N) is 1. The molecular formula is C13H20N2O2. The number of hydrogen-bond acceptors (Lipinski definition) is 4. The van der Waals surface area contributed by atoms with Crippen LogP contribution in [0, 0.1) is 0 Å². The number of anilines is 1. The Balaban J connectivity index is 2.23. The van der Waals surface area contributed by atoms with Gasteiger partial charge < -0.3 is 15.9 Å². The van der Waals surface area contributed by atoms with Gasteiger partial charge in [0.25, 0.3) is 0 Å². The van der Waals surface area contributed by atoms with E-state index in [9.17, 15) is 10.2 Å².